The summed E-state index contributed by atoms with van der Waals surface area (Å²) in [6.45, 7) is 0. The fourth-order valence-electron chi connectivity index (χ4n) is 0.698. The largest absolute Gasteiger partial charge is 0.504 e. The SMILES string of the molecule is COC=C1C=CC(=N)C=C1. The molecule has 0 aromatic rings. The fraction of sp³-hybridized carbons (Fsp3) is 0.125. The average molecular weight is 135 g/mol. The molecular weight excluding hydrogens is 126 g/mol. The van der Waals surface area contributed by atoms with Crippen LogP contribution in [0.2, 0.25) is 0 Å². The molecule has 0 amide bonds. The lowest BCUT2D eigenvalue weighted by molar-refractivity contribution is 0.336. The van der Waals surface area contributed by atoms with Crippen LogP contribution in [0.15, 0.2) is 36.1 Å². The third kappa shape index (κ3) is 1.58. The van der Waals surface area contributed by atoms with E-state index in [0.29, 0.717) is 5.71 Å². The van der Waals surface area contributed by atoms with Crippen LogP contribution in [-0.4, -0.2) is 12.8 Å². The van der Waals surface area contributed by atoms with Gasteiger partial charge in [0.15, 0.2) is 0 Å². The Bertz CT molecular complexity index is 205. The van der Waals surface area contributed by atoms with Crippen molar-refractivity contribution in [1.82, 2.24) is 0 Å². The summed E-state index contributed by atoms with van der Waals surface area (Å²) in [5, 5.41) is 7.17. The molecule has 2 nitrogen and oxygen atoms in total. The minimum Gasteiger partial charge on any atom is -0.504 e. The van der Waals surface area contributed by atoms with Crippen LogP contribution in [-0.2, 0) is 4.74 Å². The molecule has 0 fully saturated rings. The van der Waals surface area contributed by atoms with Crippen molar-refractivity contribution in [2.45, 2.75) is 0 Å². The summed E-state index contributed by atoms with van der Waals surface area (Å²) in [5.74, 6) is 0. The van der Waals surface area contributed by atoms with Gasteiger partial charge in [-0.1, -0.05) is 0 Å². The Morgan fingerprint density at radius 3 is 2.40 bits per heavy atom. The predicted molar refractivity (Wildman–Crippen MR) is 41.1 cm³/mol. The maximum atomic E-state index is 7.17. The summed E-state index contributed by atoms with van der Waals surface area (Å²) >= 11 is 0. The van der Waals surface area contributed by atoms with E-state index >= 15 is 0 Å². The maximum absolute atomic E-state index is 7.17. The van der Waals surface area contributed by atoms with E-state index in [4.69, 9.17) is 10.1 Å². The molecule has 0 bridgehead atoms. The lowest BCUT2D eigenvalue weighted by Gasteiger charge is -1.98. The van der Waals surface area contributed by atoms with Crippen molar-refractivity contribution in [3.05, 3.63) is 36.1 Å². The van der Waals surface area contributed by atoms with E-state index in [2.05, 4.69) is 0 Å². The molecule has 1 rings (SSSR count). The highest BCUT2D eigenvalue weighted by atomic mass is 16.5. The van der Waals surface area contributed by atoms with E-state index in [1.54, 1.807) is 25.5 Å². The lowest BCUT2D eigenvalue weighted by Crippen LogP contribution is -1.90. The molecule has 0 atom stereocenters. The number of hydrogen-bond donors (Lipinski definition) is 1. The number of nitrogens with one attached hydrogen (secondary N) is 1. The van der Waals surface area contributed by atoms with Gasteiger partial charge < -0.3 is 10.1 Å². The highest BCUT2D eigenvalue weighted by molar-refractivity contribution is 6.03. The molecule has 0 unspecified atom stereocenters. The summed E-state index contributed by atoms with van der Waals surface area (Å²) in [6.07, 6.45) is 8.77. The monoisotopic (exact) mass is 135 g/mol. The first kappa shape index (κ1) is 6.81. The van der Waals surface area contributed by atoms with Gasteiger partial charge >= 0.3 is 0 Å². The molecule has 0 aliphatic heterocycles. The predicted octanol–water partition coefficient (Wildman–Crippen LogP) is 1.66. The van der Waals surface area contributed by atoms with E-state index < -0.39 is 0 Å². The van der Waals surface area contributed by atoms with Crippen molar-refractivity contribution in [1.29, 1.82) is 5.41 Å². The molecule has 0 spiro atoms. The van der Waals surface area contributed by atoms with Crippen LogP contribution in [0.1, 0.15) is 0 Å². The van der Waals surface area contributed by atoms with Gasteiger partial charge in [0.2, 0.25) is 0 Å². The molecule has 1 aliphatic rings. The van der Waals surface area contributed by atoms with Crippen LogP contribution >= 0.6 is 0 Å². The van der Waals surface area contributed by atoms with E-state index in [0.717, 1.165) is 5.57 Å². The zero-order valence-electron chi connectivity index (χ0n) is 5.79. The van der Waals surface area contributed by atoms with Crippen molar-refractivity contribution < 1.29 is 4.74 Å². The van der Waals surface area contributed by atoms with Crippen molar-refractivity contribution >= 4 is 5.71 Å². The third-order valence-electron chi connectivity index (χ3n) is 1.16. The summed E-state index contributed by atoms with van der Waals surface area (Å²) in [5.41, 5.74) is 1.51. The topological polar surface area (TPSA) is 33.1 Å². The number of ether oxygens (including phenoxy) is 1. The third-order valence-corrected chi connectivity index (χ3v) is 1.16. The van der Waals surface area contributed by atoms with Crippen LogP contribution in [0, 0.1) is 5.41 Å². The van der Waals surface area contributed by atoms with Crippen molar-refractivity contribution in [3.8, 4) is 0 Å². The first-order valence-corrected chi connectivity index (χ1v) is 3.00. The Labute approximate surface area is 60.0 Å². The summed E-state index contributed by atoms with van der Waals surface area (Å²) in [4.78, 5) is 0. The number of methoxy groups -OCH3 is 1. The molecule has 0 heterocycles. The van der Waals surface area contributed by atoms with E-state index in [9.17, 15) is 0 Å². The fourth-order valence-corrected chi connectivity index (χ4v) is 0.698. The molecule has 1 aliphatic carbocycles. The Morgan fingerprint density at radius 1 is 1.30 bits per heavy atom. The van der Waals surface area contributed by atoms with Gasteiger partial charge in [-0.05, 0) is 24.3 Å². The highest BCUT2D eigenvalue weighted by Crippen LogP contribution is 2.04. The van der Waals surface area contributed by atoms with Gasteiger partial charge in [-0.3, -0.25) is 0 Å². The van der Waals surface area contributed by atoms with Gasteiger partial charge in [0.25, 0.3) is 0 Å². The molecule has 0 saturated carbocycles. The molecule has 1 N–H and O–H groups in total. The standard InChI is InChI=1S/C8H9NO/c1-10-6-7-2-4-8(9)5-3-7/h2-6,9H,1H3. The molecule has 10 heavy (non-hydrogen) atoms. The highest BCUT2D eigenvalue weighted by Gasteiger charge is 1.93. The zero-order valence-corrected chi connectivity index (χ0v) is 5.79. The molecule has 2 heteroatoms. The number of rotatable bonds is 1. The minimum atomic E-state index is 0.522. The quantitative estimate of drug-likeness (QED) is 0.545. The second-order valence-electron chi connectivity index (χ2n) is 1.98. The van der Waals surface area contributed by atoms with Gasteiger partial charge in [0, 0.05) is 5.57 Å². The minimum absolute atomic E-state index is 0.522. The van der Waals surface area contributed by atoms with Gasteiger partial charge in [-0.2, -0.15) is 0 Å². The maximum Gasteiger partial charge on any atom is 0.0896 e. The van der Waals surface area contributed by atoms with Gasteiger partial charge in [0.05, 0.1) is 19.1 Å². The van der Waals surface area contributed by atoms with Crippen molar-refractivity contribution in [3.63, 3.8) is 0 Å². The summed E-state index contributed by atoms with van der Waals surface area (Å²) in [7, 11) is 1.61. The normalized spacial score (nSPS) is 15.7. The average Bonchev–Trinajstić information content (AvgIpc) is 1.95. The molecule has 52 valence electrons. The Kier molecular flexibility index (Phi) is 2.05. The number of allylic oxidation sites excluding steroid dienone is 5. The van der Waals surface area contributed by atoms with Crippen LogP contribution in [0.4, 0.5) is 0 Å². The zero-order chi connectivity index (χ0) is 7.40. The molecule has 0 aromatic heterocycles. The van der Waals surface area contributed by atoms with Gasteiger partial charge in [-0.25, -0.2) is 0 Å². The molecule has 0 aromatic carbocycles. The van der Waals surface area contributed by atoms with Crippen LogP contribution in [0.5, 0.6) is 0 Å². The van der Waals surface area contributed by atoms with Crippen LogP contribution < -0.4 is 0 Å². The second-order valence-corrected chi connectivity index (χ2v) is 1.98. The molecule has 0 saturated heterocycles. The Hall–Kier alpha value is -1.31. The van der Waals surface area contributed by atoms with Crippen LogP contribution in [0.3, 0.4) is 0 Å². The van der Waals surface area contributed by atoms with E-state index in [1.807, 2.05) is 12.2 Å². The molecular formula is C8H9NO. The van der Waals surface area contributed by atoms with Crippen molar-refractivity contribution in [2.24, 2.45) is 0 Å². The lowest BCUT2D eigenvalue weighted by atomic mass is 10.1. The Morgan fingerprint density at radius 2 is 1.90 bits per heavy atom. The van der Waals surface area contributed by atoms with Gasteiger partial charge in [0.1, 0.15) is 0 Å². The van der Waals surface area contributed by atoms with E-state index in [-0.39, 0.29) is 0 Å². The van der Waals surface area contributed by atoms with E-state index in [1.165, 1.54) is 0 Å². The Balaban J connectivity index is 2.71. The van der Waals surface area contributed by atoms with Crippen molar-refractivity contribution in [2.75, 3.05) is 7.11 Å². The molecule has 0 radical (unpaired) electrons. The second kappa shape index (κ2) is 3.01. The van der Waals surface area contributed by atoms with Gasteiger partial charge in [-0.15, -0.1) is 0 Å². The summed E-state index contributed by atoms with van der Waals surface area (Å²) < 4.78 is 4.78. The first-order chi connectivity index (χ1) is 4.83. The smallest absolute Gasteiger partial charge is 0.0896 e. The first-order valence-electron chi connectivity index (χ1n) is 3.00. The summed E-state index contributed by atoms with van der Waals surface area (Å²) in [6, 6.07) is 0. The number of hydrogen-bond acceptors (Lipinski definition) is 2. The van der Waals surface area contributed by atoms with Crippen LogP contribution in [0.25, 0.3) is 0 Å².